The first-order valence-electron chi connectivity index (χ1n) is 9.38. The Morgan fingerprint density at radius 3 is 2.29 bits per heavy atom. The highest BCUT2D eigenvalue weighted by molar-refractivity contribution is 9.10. The van der Waals surface area contributed by atoms with E-state index in [1.165, 1.54) is 7.11 Å². The highest BCUT2D eigenvalue weighted by Crippen LogP contribution is 2.26. The molecule has 0 aliphatic heterocycles. The van der Waals surface area contributed by atoms with Crippen molar-refractivity contribution in [3.63, 3.8) is 0 Å². The lowest BCUT2D eigenvalue weighted by Gasteiger charge is -2.13. The molecule has 0 bridgehead atoms. The van der Waals surface area contributed by atoms with Crippen molar-refractivity contribution >= 4 is 43.7 Å². The van der Waals surface area contributed by atoms with Gasteiger partial charge in [0.15, 0.2) is 0 Å². The third-order valence-corrected chi connectivity index (χ3v) is 5.49. The molecule has 31 heavy (non-hydrogen) atoms. The minimum absolute atomic E-state index is 0.304. The molecule has 3 aromatic rings. The number of carbonyl (C=O) groups is 2. The summed E-state index contributed by atoms with van der Waals surface area (Å²) in [4.78, 5) is 25.1. The normalized spacial score (nSPS) is 10.3. The summed E-state index contributed by atoms with van der Waals surface area (Å²) < 4.78 is 12.3. The largest absolute Gasteiger partial charge is 0.496 e. The molecule has 0 unspecified atom stereocenters. The third-order valence-electron chi connectivity index (χ3n) is 4.38. The molecule has 3 rings (SSSR count). The Balaban J connectivity index is 1.63. The Hall–Kier alpha value is -2.84. The van der Waals surface area contributed by atoms with Crippen molar-refractivity contribution in [1.82, 2.24) is 10.9 Å². The number of halogens is 2. The van der Waals surface area contributed by atoms with E-state index < -0.39 is 11.8 Å². The average molecular weight is 548 g/mol. The second-order valence-electron chi connectivity index (χ2n) is 6.48. The van der Waals surface area contributed by atoms with Crippen molar-refractivity contribution in [1.29, 1.82) is 0 Å². The van der Waals surface area contributed by atoms with Crippen LogP contribution in [0.2, 0.25) is 0 Å². The van der Waals surface area contributed by atoms with Crippen LogP contribution in [0.15, 0.2) is 75.7 Å². The fourth-order valence-electron chi connectivity index (χ4n) is 2.79. The zero-order valence-electron chi connectivity index (χ0n) is 16.7. The second-order valence-corrected chi connectivity index (χ2v) is 8.25. The van der Waals surface area contributed by atoms with Gasteiger partial charge in [-0.2, -0.15) is 0 Å². The number of carbonyl (C=O) groups excluding carboxylic acids is 2. The van der Waals surface area contributed by atoms with Crippen LogP contribution in [-0.4, -0.2) is 25.5 Å². The standard InChI is InChI=1S/C23H20Br2N2O4/c1-30-21-9-7-16(13-19(21)25)22(28)26-27-23(29)18-14-17(24)8-10-20(18)31-12-11-15-5-3-2-4-6-15/h2-10,13-14H,11-12H2,1H3,(H,26,28)(H,27,29). The molecular weight excluding hydrogens is 528 g/mol. The molecule has 0 radical (unpaired) electrons. The first-order chi connectivity index (χ1) is 15.0. The second kappa shape index (κ2) is 11.0. The SMILES string of the molecule is COc1ccc(C(=O)NNC(=O)c2cc(Br)ccc2OCCc2ccccc2)cc1Br. The van der Waals surface area contributed by atoms with Crippen molar-refractivity contribution in [2.24, 2.45) is 0 Å². The van der Waals surface area contributed by atoms with Crippen molar-refractivity contribution < 1.29 is 19.1 Å². The lowest BCUT2D eigenvalue weighted by atomic mass is 10.1. The molecule has 2 N–H and O–H groups in total. The van der Waals surface area contributed by atoms with Crippen molar-refractivity contribution in [3.05, 3.63) is 92.4 Å². The molecule has 0 aliphatic carbocycles. The number of methoxy groups -OCH3 is 1. The highest BCUT2D eigenvalue weighted by atomic mass is 79.9. The summed E-state index contributed by atoms with van der Waals surface area (Å²) in [7, 11) is 1.54. The van der Waals surface area contributed by atoms with Gasteiger partial charge in [-0.05, 0) is 57.9 Å². The van der Waals surface area contributed by atoms with Crippen molar-refractivity contribution in [2.75, 3.05) is 13.7 Å². The lowest BCUT2D eigenvalue weighted by Crippen LogP contribution is -2.41. The first kappa shape index (κ1) is 22.8. The van der Waals surface area contributed by atoms with Crippen molar-refractivity contribution in [3.8, 4) is 11.5 Å². The molecule has 2 amide bonds. The molecule has 3 aromatic carbocycles. The van der Waals surface area contributed by atoms with Gasteiger partial charge in [0, 0.05) is 16.5 Å². The smallest absolute Gasteiger partial charge is 0.273 e. The van der Waals surface area contributed by atoms with E-state index in [4.69, 9.17) is 9.47 Å². The van der Waals surface area contributed by atoms with E-state index in [-0.39, 0.29) is 0 Å². The summed E-state index contributed by atoms with van der Waals surface area (Å²) in [5.41, 5.74) is 6.66. The Morgan fingerprint density at radius 2 is 1.58 bits per heavy atom. The van der Waals surface area contributed by atoms with Gasteiger partial charge in [0.2, 0.25) is 0 Å². The van der Waals surface area contributed by atoms with Gasteiger partial charge in [-0.25, -0.2) is 0 Å². The fraction of sp³-hybridized carbons (Fsp3) is 0.130. The number of amides is 2. The minimum Gasteiger partial charge on any atom is -0.496 e. The van der Waals surface area contributed by atoms with Crippen LogP contribution >= 0.6 is 31.9 Å². The van der Waals surface area contributed by atoms with E-state index in [1.54, 1.807) is 36.4 Å². The number of hydrazine groups is 1. The van der Waals surface area contributed by atoms with Gasteiger partial charge in [0.1, 0.15) is 11.5 Å². The maximum absolute atomic E-state index is 12.7. The summed E-state index contributed by atoms with van der Waals surface area (Å²) in [6.45, 7) is 0.415. The molecule has 0 spiro atoms. The van der Waals surface area contributed by atoms with Crippen LogP contribution in [0, 0.1) is 0 Å². The van der Waals surface area contributed by atoms with Gasteiger partial charge in [0.25, 0.3) is 11.8 Å². The maximum Gasteiger partial charge on any atom is 0.273 e. The van der Waals surface area contributed by atoms with E-state index in [1.807, 2.05) is 30.3 Å². The van der Waals surface area contributed by atoms with Crippen LogP contribution in [0.3, 0.4) is 0 Å². The Bertz CT molecular complexity index is 1070. The van der Waals surface area contributed by atoms with Crippen LogP contribution < -0.4 is 20.3 Å². The summed E-state index contributed by atoms with van der Waals surface area (Å²) >= 11 is 6.70. The lowest BCUT2D eigenvalue weighted by molar-refractivity contribution is 0.0844. The number of ether oxygens (including phenoxy) is 2. The number of hydrogen-bond donors (Lipinski definition) is 2. The van der Waals surface area contributed by atoms with E-state index in [2.05, 4.69) is 42.7 Å². The number of nitrogens with one attached hydrogen (secondary N) is 2. The molecule has 0 fully saturated rings. The molecule has 0 atom stereocenters. The zero-order valence-corrected chi connectivity index (χ0v) is 19.8. The maximum atomic E-state index is 12.7. The predicted molar refractivity (Wildman–Crippen MR) is 125 cm³/mol. The molecule has 6 nitrogen and oxygen atoms in total. The summed E-state index contributed by atoms with van der Waals surface area (Å²) in [6, 6.07) is 20.0. The third kappa shape index (κ3) is 6.32. The first-order valence-corrected chi connectivity index (χ1v) is 11.0. The quantitative estimate of drug-likeness (QED) is 0.412. The molecule has 0 heterocycles. The summed E-state index contributed by atoms with van der Waals surface area (Å²) in [5.74, 6) is 0.0836. The van der Waals surface area contributed by atoms with Crippen LogP contribution in [0.4, 0.5) is 0 Å². The Morgan fingerprint density at radius 1 is 0.871 bits per heavy atom. The van der Waals surface area contributed by atoms with Gasteiger partial charge in [-0.15, -0.1) is 0 Å². The predicted octanol–water partition coefficient (Wildman–Crippen LogP) is 4.92. The number of hydrogen-bond acceptors (Lipinski definition) is 4. The van der Waals surface area contributed by atoms with E-state index in [9.17, 15) is 9.59 Å². The summed E-state index contributed by atoms with van der Waals surface area (Å²) in [6.07, 6.45) is 0.709. The van der Waals surface area contributed by atoms with E-state index >= 15 is 0 Å². The van der Waals surface area contributed by atoms with Gasteiger partial charge in [0.05, 0.1) is 23.8 Å². The van der Waals surface area contributed by atoms with Crippen LogP contribution in [-0.2, 0) is 6.42 Å². The molecule has 160 valence electrons. The fourth-order valence-corrected chi connectivity index (χ4v) is 3.69. The molecule has 0 saturated carbocycles. The molecule has 0 aliphatic rings. The average Bonchev–Trinajstić information content (AvgIpc) is 2.78. The number of rotatable bonds is 7. The molecular formula is C23H20Br2N2O4. The Kier molecular flexibility index (Phi) is 8.08. The zero-order chi connectivity index (χ0) is 22.2. The topological polar surface area (TPSA) is 76.7 Å². The van der Waals surface area contributed by atoms with Gasteiger partial charge < -0.3 is 9.47 Å². The molecule has 0 saturated heterocycles. The summed E-state index contributed by atoms with van der Waals surface area (Å²) in [5, 5.41) is 0. The monoisotopic (exact) mass is 546 g/mol. The van der Waals surface area contributed by atoms with Crippen LogP contribution in [0.5, 0.6) is 11.5 Å². The minimum atomic E-state index is -0.489. The Labute approximate surface area is 197 Å². The van der Waals surface area contributed by atoms with Crippen LogP contribution in [0.1, 0.15) is 26.3 Å². The van der Waals surface area contributed by atoms with Crippen molar-refractivity contribution in [2.45, 2.75) is 6.42 Å². The van der Waals surface area contributed by atoms with E-state index in [0.717, 1.165) is 10.0 Å². The highest BCUT2D eigenvalue weighted by Gasteiger charge is 2.15. The van der Waals surface area contributed by atoms with Crippen LogP contribution in [0.25, 0.3) is 0 Å². The van der Waals surface area contributed by atoms with Gasteiger partial charge in [-0.1, -0.05) is 46.3 Å². The van der Waals surface area contributed by atoms with Gasteiger partial charge >= 0.3 is 0 Å². The molecule has 0 aromatic heterocycles. The van der Waals surface area contributed by atoms with Gasteiger partial charge in [-0.3, -0.25) is 20.4 Å². The molecule has 8 heteroatoms. The van der Waals surface area contributed by atoms with E-state index in [0.29, 0.717) is 40.1 Å². The number of benzene rings is 3.